The number of benzene rings is 3. The molecule has 27 heavy (non-hydrogen) atoms. The third-order valence-corrected chi connectivity index (χ3v) is 6.14. The molecule has 0 spiro atoms. The van der Waals surface area contributed by atoms with E-state index in [0.29, 0.717) is 6.54 Å². The van der Waals surface area contributed by atoms with Crippen LogP contribution in [-0.4, -0.2) is 23.5 Å². The topological polar surface area (TPSA) is 37.4 Å². The zero-order chi connectivity index (χ0) is 19.0. The molecule has 0 saturated heterocycles. The summed E-state index contributed by atoms with van der Waals surface area (Å²) in [7, 11) is 0. The minimum absolute atomic E-state index is 0.0491. The minimum atomic E-state index is -0.172. The van der Waals surface area contributed by atoms with Crippen molar-refractivity contribution in [2.75, 3.05) is 11.4 Å². The van der Waals surface area contributed by atoms with Crippen LogP contribution in [0.15, 0.2) is 65.6 Å². The summed E-state index contributed by atoms with van der Waals surface area (Å²) in [6.45, 7) is 4.23. The normalized spacial score (nSPS) is 14.2. The van der Waals surface area contributed by atoms with Gasteiger partial charge in [0.15, 0.2) is 5.78 Å². The summed E-state index contributed by atoms with van der Waals surface area (Å²) in [5, 5.41) is 2.22. The molecule has 0 unspecified atom stereocenters. The third-order valence-electron chi connectivity index (χ3n) is 5.04. The Morgan fingerprint density at radius 1 is 1.00 bits per heavy atom. The van der Waals surface area contributed by atoms with E-state index in [1.54, 1.807) is 23.6 Å². The first kappa shape index (κ1) is 17.8. The van der Waals surface area contributed by atoms with Crippen molar-refractivity contribution in [3.63, 3.8) is 0 Å². The molecule has 0 radical (unpaired) electrons. The van der Waals surface area contributed by atoms with Crippen molar-refractivity contribution in [1.82, 2.24) is 0 Å². The SMILES string of the molecule is CC(=O)N1CCc2cc(C(=O)[C@@H](C)Sc3ccc4ccccc4c3)ccc21. The van der Waals surface area contributed by atoms with Gasteiger partial charge < -0.3 is 4.90 Å². The van der Waals surface area contributed by atoms with Gasteiger partial charge in [-0.25, -0.2) is 0 Å². The summed E-state index contributed by atoms with van der Waals surface area (Å²) in [5.41, 5.74) is 2.74. The van der Waals surface area contributed by atoms with Gasteiger partial charge in [-0.3, -0.25) is 9.59 Å². The summed E-state index contributed by atoms with van der Waals surface area (Å²) in [4.78, 5) is 27.5. The molecule has 0 saturated carbocycles. The minimum Gasteiger partial charge on any atom is -0.312 e. The van der Waals surface area contributed by atoms with E-state index in [1.165, 1.54) is 10.8 Å². The Balaban J connectivity index is 1.53. The molecule has 3 aromatic rings. The highest BCUT2D eigenvalue weighted by atomic mass is 32.2. The van der Waals surface area contributed by atoms with E-state index in [2.05, 4.69) is 30.3 Å². The van der Waals surface area contributed by atoms with Crippen LogP contribution in [0.4, 0.5) is 5.69 Å². The molecule has 0 fully saturated rings. The Labute approximate surface area is 163 Å². The van der Waals surface area contributed by atoms with Gasteiger partial charge in [0.2, 0.25) is 5.91 Å². The second-order valence-electron chi connectivity index (χ2n) is 6.90. The fourth-order valence-electron chi connectivity index (χ4n) is 3.62. The predicted molar refractivity (Wildman–Crippen MR) is 112 cm³/mol. The molecule has 1 amide bonds. The van der Waals surface area contributed by atoms with E-state index in [-0.39, 0.29) is 16.9 Å². The van der Waals surface area contributed by atoms with Gasteiger partial charge >= 0.3 is 0 Å². The standard InChI is InChI=1S/C23H21NO2S/c1-15(27-21-9-7-17-5-3-4-6-18(17)14-21)23(26)20-8-10-22-19(13-20)11-12-24(22)16(2)25/h3-10,13-15H,11-12H2,1-2H3/t15-/m1/s1. The fourth-order valence-corrected chi connectivity index (χ4v) is 4.61. The third kappa shape index (κ3) is 3.50. The van der Waals surface area contributed by atoms with E-state index in [4.69, 9.17) is 0 Å². The van der Waals surface area contributed by atoms with Crippen LogP contribution >= 0.6 is 11.8 Å². The summed E-state index contributed by atoms with van der Waals surface area (Å²) in [5.74, 6) is 0.172. The fraction of sp³-hybridized carbons (Fsp3) is 0.217. The highest BCUT2D eigenvalue weighted by molar-refractivity contribution is 8.00. The van der Waals surface area contributed by atoms with Gasteiger partial charge in [-0.15, -0.1) is 11.8 Å². The molecule has 0 N–H and O–H groups in total. The molecule has 3 aromatic carbocycles. The lowest BCUT2D eigenvalue weighted by Gasteiger charge is -2.15. The van der Waals surface area contributed by atoms with E-state index >= 15 is 0 Å². The zero-order valence-electron chi connectivity index (χ0n) is 15.4. The first-order valence-corrected chi connectivity index (χ1v) is 10.0. The van der Waals surface area contributed by atoms with Gasteiger partial charge in [0, 0.05) is 29.6 Å². The monoisotopic (exact) mass is 375 g/mol. The van der Waals surface area contributed by atoms with Gasteiger partial charge in [-0.1, -0.05) is 30.3 Å². The number of ketones is 1. The molecule has 4 rings (SSSR count). The molecule has 1 atom stereocenters. The van der Waals surface area contributed by atoms with E-state index in [9.17, 15) is 9.59 Å². The Morgan fingerprint density at radius 3 is 2.56 bits per heavy atom. The lowest BCUT2D eigenvalue weighted by Crippen LogP contribution is -2.25. The largest absolute Gasteiger partial charge is 0.312 e. The summed E-state index contributed by atoms with van der Waals surface area (Å²) in [6, 6.07) is 20.3. The number of rotatable bonds is 4. The molecule has 1 aliphatic heterocycles. The molecule has 0 aliphatic carbocycles. The quantitative estimate of drug-likeness (QED) is 0.470. The lowest BCUT2D eigenvalue weighted by molar-refractivity contribution is -0.116. The highest BCUT2D eigenvalue weighted by Gasteiger charge is 2.24. The smallest absolute Gasteiger partial charge is 0.223 e. The molecule has 4 heteroatoms. The van der Waals surface area contributed by atoms with Crippen LogP contribution in [-0.2, 0) is 11.2 Å². The van der Waals surface area contributed by atoms with Crippen LogP contribution in [0.2, 0.25) is 0 Å². The van der Waals surface area contributed by atoms with Crippen LogP contribution in [0.25, 0.3) is 10.8 Å². The number of fused-ring (bicyclic) bond motifs is 2. The molecule has 0 aromatic heterocycles. The Hall–Kier alpha value is -2.59. The van der Waals surface area contributed by atoms with Gasteiger partial charge in [0.05, 0.1) is 5.25 Å². The lowest BCUT2D eigenvalue weighted by atomic mass is 10.0. The van der Waals surface area contributed by atoms with Crippen molar-refractivity contribution >= 4 is 39.9 Å². The Kier molecular flexibility index (Phi) is 4.75. The van der Waals surface area contributed by atoms with Gasteiger partial charge in [-0.2, -0.15) is 0 Å². The number of thioether (sulfide) groups is 1. The summed E-state index contributed by atoms with van der Waals surface area (Å²) in [6.07, 6.45) is 0.808. The van der Waals surface area contributed by atoms with E-state index in [0.717, 1.165) is 28.1 Å². The van der Waals surface area contributed by atoms with Crippen LogP contribution in [0.5, 0.6) is 0 Å². The number of amides is 1. The van der Waals surface area contributed by atoms with Crippen molar-refractivity contribution in [2.45, 2.75) is 30.4 Å². The average molecular weight is 375 g/mol. The molecule has 136 valence electrons. The molecular weight excluding hydrogens is 354 g/mol. The maximum Gasteiger partial charge on any atom is 0.223 e. The number of carbonyl (C=O) groups is 2. The predicted octanol–water partition coefficient (Wildman–Crippen LogP) is 5.11. The van der Waals surface area contributed by atoms with E-state index in [1.807, 2.05) is 37.3 Å². The highest BCUT2D eigenvalue weighted by Crippen LogP contribution is 2.32. The molecule has 0 bridgehead atoms. The maximum atomic E-state index is 12.9. The number of hydrogen-bond donors (Lipinski definition) is 0. The maximum absolute atomic E-state index is 12.9. The number of anilines is 1. The van der Waals surface area contributed by atoms with Crippen LogP contribution in [0.1, 0.15) is 29.8 Å². The van der Waals surface area contributed by atoms with Gasteiger partial charge in [0.1, 0.15) is 0 Å². The first-order chi connectivity index (χ1) is 13.0. The first-order valence-electron chi connectivity index (χ1n) is 9.13. The van der Waals surface area contributed by atoms with Crippen molar-refractivity contribution < 1.29 is 9.59 Å². The van der Waals surface area contributed by atoms with Crippen molar-refractivity contribution in [3.8, 4) is 0 Å². The molecule has 1 aliphatic rings. The summed E-state index contributed by atoms with van der Waals surface area (Å²) >= 11 is 1.59. The van der Waals surface area contributed by atoms with Gasteiger partial charge in [-0.05, 0) is 60.0 Å². The Bertz CT molecular complexity index is 1040. The van der Waals surface area contributed by atoms with Crippen molar-refractivity contribution in [3.05, 3.63) is 71.8 Å². The average Bonchev–Trinajstić information content (AvgIpc) is 3.10. The van der Waals surface area contributed by atoms with Crippen LogP contribution < -0.4 is 4.90 Å². The van der Waals surface area contributed by atoms with Crippen molar-refractivity contribution in [1.29, 1.82) is 0 Å². The number of Topliss-reactive ketones (excluding diaryl/α,β-unsaturated/α-hetero) is 1. The van der Waals surface area contributed by atoms with E-state index < -0.39 is 0 Å². The second-order valence-corrected chi connectivity index (χ2v) is 8.31. The number of nitrogens with zero attached hydrogens (tertiary/aromatic N) is 1. The number of hydrogen-bond acceptors (Lipinski definition) is 3. The Morgan fingerprint density at radius 2 is 1.78 bits per heavy atom. The second kappa shape index (κ2) is 7.20. The van der Waals surface area contributed by atoms with Crippen molar-refractivity contribution in [2.24, 2.45) is 0 Å². The van der Waals surface area contributed by atoms with Crippen LogP contribution in [0, 0.1) is 0 Å². The molecular formula is C23H21NO2S. The van der Waals surface area contributed by atoms with Gasteiger partial charge in [0.25, 0.3) is 0 Å². The molecule has 1 heterocycles. The molecule has 3 nitrogen and oxygen atoms in total. The number of carbonyl (C=O) groups excluding carboxylic acids is 2. The zero-order valence-corrected chi connectivity index (χ0v) is 16.3. The van der Waals surface area contributed by atoms with Crippen LogP contribution in [0.3, 0.4) is 0 Å². The summed E-state index contributed by atoms with van der Waals surface area (Å²) < 4.78 is 0.